The maximum absolute atomic E-state index is 10.7. The summed E-state index contributed by atoms with van der Waals surface area (Å²) in [6, 6.07) is 6.31. The van der Waals surface area contributed by atoms with Gasteiger partial charge in [0, 0.05) is 19.9 Å². The Balaban J connectivity index is 1.72. The van der Waals surface area contributed by atoms with Crippen LogP contribution in [0.5, 0.6) is 5.75 Å². The van der Waals surface area contributed by atoms with E-state index in [1.165, 1.54) is 14.2 Å². The minimum atomic E-state index is -1.57. The van der Waals surface area contributed by atoms with Crippen molar-refractivity contribution in [3.8, 4) is 5.75 Å². The molecule has 2 saturated heterocycles. The molecule has 0 aliphatic carbocycles. The molecule has 2 aliphatic rings. The van der Waals surface area contributed by atoms with Crippen molar-refractivity contribution >= 4 is 5.69 Å². The third kappa shape index (κ3) is 5.15. The molecule has 0 unspecified atom stereocenters. The first-order chi connectivity index (χ1) is 15.3. The molecule has 0 amide bonds. The normalized spacial score (nSPS) is 40.2. The van der Waals surface area contributed by atoms with Gasteiger partial charge in [-0.05, 0) is 24.3 Å². The number of ether oxygens (including phenoxy) is 6. The third-order valence-corrected chi connectivity index (χ3v) is 5.58. The summed E-state index contributed by atoms with van der Waals surface area (Å²) >= 11 is 0. The number of methoxy groups -OCH3 is 2. The van der Waals surface area contributed by atoms with Gasteiger partial charge >= 0.3 is 0 Å². The number of hydrogen-bond acceptors (Lipinski definition) is 12. The van der Waals surface area contributed by atoms with E-state index in [1.807, 2.05) is 0 Å². The van der Waals surface area contributed by atoms with Crippen LogP contribution >= 0.6 is 0 Å². The molecule has 182 valence electrons. The van der Waals surface area contributed by atoms with Crippen molar-refractivity contribution < 1.29 is 54.0 Å². The Kier molecular flexibility index (Phi) is 8.63. The molecule has 12 heteroatoms. The Labute approximate surface area is 185 Å². The molecule has 2 fully saturated rings. The van der Waals surface area contributed by atoms with Gasteiger partial charge in [-0.25, -0.2) is 0 Å². The fraction of sp³-hybridized carbons (Fsp3) is 0.700. The fourth-order valence-electron chi connectivity index (χ4n) is 3.86. The minimum absolute atomic E-state index is 0.330. The highest BCUT2D eigenvalue weighted by atomic mass is 16.7. The number of anilines is 1. The molecule has 7 N–H and O–H groups in total. The molecule has 0 aromatic heterocycles. The average Bonchev–Trinajstić information content (AvgIpc) is 2.80. The quantitative estimate of drug-likeness (QED) is 0.226. The van der Waals surface area contributed by atoms with Crippen molar-refractivity contribution in [2.75, 3.05) is 33.2 Å². The third-order valence-electron chi connectivity index (χ3n) is 5.58. The van der Waals surface area contributed by atoms with Gasteiger partial charge in [-0.3, -0.25) is 0 Å². The standard InChI is InChI=1S/C20H31NO11/c1-27-17-12(8-23)31-20(15(26)18(17)28-2)32-16-11(7-22)30-19(14(25)13(16)24)29-10-5-3-9(21)4-6-10/h3-6,11-20,22-26H,7-8,21H2,1-2H3/t11-,12-,13-,14-,15-,16-,17+,18-,19-,20+/m1/s1. The van der Waals surface area contributed by atoms with Crippen LogP contribution in [0.4, 0.5) is 5.69 Å². The smallest absolute Gasteiger partial charge is 0.229 e. The number of nitrogens with two attached hydrogens (primary N) is 1. The van der Waals surface area contributed by atoms with Gasteiger partial charge in [-0.2, -0.15) is 0 Å². The highest BCUT2D eigenvalue weighted by molar-refractivity contribution is 5.41. The first-order valence-electron chi connectivity index (χ1n) is 10.1. The van der Waals surface area contributed by atoms with E-state index >= 15 is 0 Å². The van der Waals surface area contributed by atoms with Crippen molar-refractivity contribution in [3.63, 3.8) is 0 Å². The van der Waals surface area contributed by atoms with Gasteiger partial charge in [0.25, 0.3) is 0 Å². The summed E-state index contributed by atoms with van der Waals surface area (Å²) < 4.78 is 33.0. The molecule has 32 heavy (non-hydrogen) atoms. The van der Waals surface area contributed by atoms with Crippen LogP contribution < -0.4 is 10.5 Å². The van der Waals surface area contributed by atoms with E-state index in [4.69, 9.17) is 34.2 Å². The van der Waals surface area contributed by atoms with E-state index in [0.29, 0.717) is 11.4 Å². The summed E-state index contributed by atoms with van der Waals surface area (Å²) in [5, 5.41) is 51.3. The lowest BCUT2D eigenvalue weighted by Gasteiger charge is -2.47. The maximum atomic E-state index is 10.7. The van der Waals surface area contributed by atoms with Crippen molar-refractivity contribution in [2.45, 2.75) is 61.4 Å². The molecule has 2 heterocycles. The molecule has 0 radical (unpaired) electrons. The predicted molar refractivity (Wildman–Crippen MR) is 107 cm³/mol. The second-order valence-electron chi connectivity index (χ2n) is 7.61. The molecule has 12 nitrogen and oxygen atoms in total. The van der Waals surface area contributed by atoms with E-state index in [2.05, 4.69) is 0 Å². The zero-order chi connectivity index (χ0) is 23.4. The lowest BCUT2D eigenvalue weighted by atomic mass is 9.96. The Morgan fingerprint density at radius 3 is 1.91 bits per heavy atom. The van der Waals surface area contributed by atoms with Crippen LogP contribution in [0.1, 0.15) is 0 Å². The number of hydrogen-bond donors (Lipinski definition) is 6. The highest BCUT2D eigenvalue weighted by Gasteiger charge is 2.51. The number of rotatable bonds is 8. The second-order valence-corrected chi connectivity index (χ2v) is 7.61. The van der Waals surface area contributed by atoms with Gasteiger partial charge in [0.15, 0.2) is 6.29 Å². The summed E-state index contributed by atoms with van der Waals surface area (Å²) in [7, 11) is 2.74. The number of nitrogen functional groups attached to an aromatic ring is 1. The fourth-order valence-corrected chi connectivity index (χ4v) is 3.86. The molecular formula is C20H31NO11. The van der Waals surface area contributed by atoms with Gasteiger partial charge in [-0.1, -0.05) is 0 Å². The van der Waals surface area contributed by atoms with E-state index in [0.717, 1.165) is 0 Å². The van der Waals surface area contributed by atoms with Crippen molar-refractivity contribution in [3.05, 3.63) is 24.3 Å². The summed E-state index contributed by atoms with van der Waals surface area (Å²) in [6.07, 6.45) is -12.2. The summed E-state index contributed by atoms with van der Waals surface area (Å²) in [6.45, 7) is -1.03. The zero-order valence-electron chi connectivity index (χ0n) is 17.8. The summed E-state index contributed by atoms with van der Waals surface area (Å²) in [4.78, 5) is 0. The molecule has 3 rings (SSSR count). The van der Waals surface area contributed by atoms with E-state index < -0.39 is 74.6 Å². The largest absolute Gasteiger partial charge is 0.462 e. The maximum Gasteiger partial charge on any atom is 0.229 e. The SMILES string of the molecule is CO[C@@H]1[C@@H](O)[C@H](O[C@H]2[C@H](O)[C@@H](O)[C@H](Oc3ccc(N)cc3)O[C@@H]2CO)O[C@H](CO)[C@@H]1OC. The molecule has 0 saturated carbocycles. The minimum Gasteiger partial charge on any atom is -0.462 e. The van der Waals surface area contributed by atoms with Crippen LogP contribution in [0.25, 0.3) is 0 Å². The van der Waals surface area contributed by atoms with E-state index in [-0.39, 0.29) is 0 Å². The van der Waals surface area contributed by atoms with Gasteiger partial charge in [-0.15, -0.1) is 0 Å². The van der Waals surface area contributed by atoms with Crippen LogP contribution in [0, 0.1) is 0 Å². The monoisotopic (exact) mass is 461 g/mol. The lowest BCUT2D eigenvalue weighted by Crippen LogP contribution is -2.65. The van der Waals surface area contributed by atoms with Gasteiger partial charge in [0.2, 0.25) is 6.29 Å². The predicted octanol–water partition coefficient (Wildman–Crippen LogP) is -2.42. The summed E-state index contributed by atoms with van der Waals surface area (Å²) in [5.41, 5.74) is 6.15. The molecule has 0 spiro atoms. The first-order valence-corrected chi connectivity index (χ1v) is 10.1. The van der Waals surface area contributed by atoms with Crippen molar-refractivity contribution in [1.82, 2.24) is 0 Å². The molecular weight excluding hydrogens is 430 g/mol. The van der Waals surface area contributed by atoms with Crippen LogP contribution in [-0.2, 0) is 23.7 Å². The van der Waals surface area contributed by atoms with Crippen LogP contribution in [0.3, 0.4) is 0 Å². The lowest BCUT2D eigenvalue weighted by molar-refractivity contribution is -0.355. The molecule has 0 bridgehead atoms. The molecule has 2 aliphatic heterocycles. The Morgan fingerprint density at radius 1 is 0.781 bits per heavy atom. The van der Waals surface area contributed by atoms with Crippen LogP contribution in [0.15, 0.2) is 24.3 Å². The van der Waals surface area contributed by atoms with Gasteiger partial charge in [0.1, 0.15) is 54.6 Å². The molecule has 10 atom stereocenters. The van der Waals surface area contributed by atoms with Gasteiger partial charge < -0.3 is 59.7 Å². The Morgan fingerprint density at radius 2 is 1.34 bits per heavy atom. The van der Waals surface area contributed by atoms with Crippen molar-refractivity contribution in [2.24, 2.45) is 0 Å². The Hall–Kier alpha value is -1.58. The van der Waals surface area contributed by atoms with E-state index in [9.17, 15) is 25.5 Å². The van der Waals surface area contributed by atoms with Crippen LogP contribution in [-0.4, -0.2) is 114 Å². The Bertz CT molecular complexity index is 705. The topological polar surface area (TPSA) is 183 Å². The number of aliphatic hydroxyl groups is 5. The first kappa shape index (κ1) is 25.1. The van der Waals surface area contributed by atoms with Gasteiger partial charge in [0.05, 0.1) is 13.2 Å². The van der Waals surface area contributed by atoms with E-state index in [1.54, 1.807) is 24.3 Å². The van der Waals surface area contributed by atoms with Crippen LogP contribution in [0.2, 0.25) is 0 Å². The average molecular weight is 461 g/mol. The highest BCUT2D eigenvalue weighted by Crippen LogP contribution is 2.31. The number of aliphatic hydroxyl groups excluding tert-OH is 5. The molecule has 1 aromatic rings. The summed E-state index contributed by atoms with van der Waals surface area (Å²) in [5.74, 6) is 0.330. The second kappa shape index (κ2) is 11.0. The molecule has 1 aromatic carbocycles. The van der Waals surface area contributed by atoms with Crippen molar-refractivity contribution in [1.29, 1.82) is 0 Å². The number of benzene rings is 1. The zero-order valence-corrected chi connectivity index (χ0v) is 17.8.